The molecule has 0 N–H and O–H groups in total. The highest BCUT2D eigenvalue weighted by atomic mass is 32.2. The van der Waals surface area contributed by atoms with Crippen molar-refractivity contribution in [1.29, 1.82) is 0 Å². The van der Waals surface area contributed by atoms with Gasteiger partial charge in [0.25, 0.3) is 0 Å². The minimum absolute atomic E-state index is 0.0368. The number of aromatic nitrogens is 2. The number of nitrogens with zero attached hydrogens (tertiary/aromatic N) is 5. The average Bonchev–Trinajstić information content (AvgIpc) is 2.80. The summed E-state index contributed by atoms with van der Waals surface area (Å²) in [4.78, 5) is 27.9. The van der Waals surface area contributed by atoms with Gasteiger partial charge in [-0.25, -0.2) is 23.2 Å². The van der Waals surface area contributed by atoms with E-state index >= 15 is 0 Å². The van der Waals surface area contributed by atoms with E-state index in [1.165, 1.54) is 18.0 Å². The topological polar surface area (TPSA) is 105 Å². The van der Waals surface area contributed by atoms with Gasteiger partial charge in [-0.1, -0.05) is 18.2 Å². The number of para-hydroxylation sites is 1. The molecule has 3 aliphatic rings. The first-order valence-corrected chi connectivity index (χ1v) is 14.6. The molecule has 3 fully saturated rings. The van der Waals surface area contributed by atoms with Gasteiger partial charge in [-0.15, -0.1) is 0 Å². The maximum absolute atomic E-state index is 13.1. The molecule has 2 atom stereocenters. The minimum Gasteiger partial charge on any atom is -0.496 e. The van der Waals surface area contributed by atoms with E-state index in [-0.39, 0.29) is 34.6 Å². The Bertz CT molecular complexity index is 1230. The summed E-state index contributed by atoms with van der Waals surface area (Å²) in [5.41, 5.74) is 1.46. The molecule has 0 bridgehead atoms. The van der Waals surface area contributed by atoms with Crippen LogP contribution in [0.15, 0.2) is 41.6 Å². The molecular formula is C26H35N5O5S. The van der Waals surface area contributed by atoms with Crippen LogP contribution >= 0.6 is 0 Å². The van der Waals surface area contributed by atoms with Crippen molar-refractivity contribution < 1.29 is 22.7 Å². The third-order valence-electron chi connectivity index (χ3n) is 7.75. The summed E-state index contributed by atoms with van der Waals surface area (Å²) in [6, 6.07) is 7.93. The molecule has 37 heavy (non-hydrogen) atoms. The maximum atomic E-state index is 13.1. The van der Waals surface area contributed by atoms with Gasteiger partial charge in [0.15, 0.2) is 9.84 Å². The molecule has 1 aliphatic carbocycles. The minimum atomic E-state index is -3.35. The van der Waals surface area contributed by atoms with E-state index in [1.54, 1.807) is 12.0 Å². The molecule has 1 saturated carbocycles. The first-order valence-electron chi connectivity index (χ1n) is 12.7. The second-order valence-corrected chi connectivity index (χ2v) is 12.9. The molecule has 3 heterocycles. The number of likely N-dealkylation sites (tertiary alicyclic amines) is 1. The molecule has 2 aliphatic heterocycles. The predicted octanol–water partition coefficient (Wildman–Crippen LogP) is 2.59. The molecule has 1 aromatic heterocycles. The van der Waals surface area contributed by atoms with Crippen molar-refractivity contribution in [3.05, 3.63) is 42.2 Å². The third-order valence-corrected chi connectivity index (χ3v) is 8.82. The summed E-state index contributed by atoms with van der Waals surface area (Å²) >= 11 is 0. The lowest BCUT2D eigenvalue weighted by atomic mass is 9.61. The number of ether oxygens (including phenoxy) is 2. The van der Waals surface area contributed by atoms with Crippen LogP contribution in [-0.2, 0) is 21.1 Å². The fourth-order valence-corrected chi connectivity index (χ4v) is 6.54. The summed E-state index contributed by atoms with van der Waals surface area (Å²) < 4.78 is 34.7. The van der Waals surface area contributed by atoms with Gasteiger partial charge in [0, 0.05) is 50.0 Å². The number of piperazine rings is 1. The van der Waals surface area contributed by atoms with Crippen LogP contribution in [0, 0.1) is 5.41 Å². The lowest BCUT2D eigenvalue weighted by Crippen LogP contribution is -2.65. The van der Waals surface area contributed by atoms with E-state index in [4.69, 9.17) is 9.47 Å². The SMILES string of the molecule is COc1ccccc1CN1CC2(CC(OC(=O)N3[C@H](C)CN(c4ncc(S(C)(=O)=O)cn4)C[C@@H]3C)C2)C1. The fraction of sp³-hybridized carbons (Fsp3) is 0.577. The number of carbonyl (C=O) groups is 1. The van der Waals surface area contributed by atoms with Gasteiger partial charge in [-0.05, 0) is 32.8 Å². The number of benzene rings is 1. The van der Waals surface area contributed by atoms with E-state index < -0.39 is 9.84 Å². The maximum Gasteiger partial charge on any atom is 0.410 e. The highest BCUT2D eigenvalue weighted by Gasteiger charge is 2.54. The van der Waals surface area contributed by atoms with E-state index in [9.17, 15) is 13.2 Å². The highest BCUT2D eigenvalue weighted by molar-refractivity contribution is 7.90. The van der Waals surface area contributed by atoms with Crippen LogP contribution in [-0.4, -0.2) is 92.0 Å². The predicted molar refractivity (Wildman–Crippen MR) is 138 cm³/mol. The molecule has 10 nitrogen and oxygen atoms in total. The van der Waals surface area contributed by atoms with Crippen molar-refractivity contribution in [3.63, 3.8) is 0 Å². The Hall–Kier alpha value is -2.92. The number of sulfone groups is 1. The Morgan fingerprint density at radius 3 is 2.30 bits per heavy atom. The molecule has 1 amide bonds. The second-order valence-electron chi connectivity index (χ2n) is 10.9. The van der Waals surface area contributed by atoms with Crippen molar-refractivity contribution in [3.8, 4) is 5.75 Å². The van der Waals surface area contributed by atoms with Gasteiger partial charge in [-0.3, -0.25) is 9.80 Å². The number of hydrogen-bond acceptors (Lipinski definition) is 9. The lowest BCUT2D eigenvalue weighted by Gasteiger charge is -2.58. The standard InChI is InChI=1S/C26H35N5O5S/c1-18-13-30(24-27-11-22(12-28-24)37(4,33)34)14-19(2)31(18)25(32)36-21-9-26(10-21)16-29(17-26)15-20-7-5-6-8-23(20)35-3/h5-8,11-12,18-19,21H,9-10,13-17H2,1-4H3/t18-,19+. The van der Waals surface area contributed by atoms with Gasteiger partial charge >= 0.3 is 6.09 Å². The van der Waals surface area contributed by atoms with Crippen LogP contribution < -0.4 is 9.64 Å². The van der Waals surface area contributed by atoms with Crippen LogP contribution in [0.5, 0.6) is 5.75 Å². The van der Waals surface area contributed by atoms with Crippen LogP contribution in [0.2, 0.25) is 0 Å². The van der Waals surface area contributed by atoms with Crippen molar-refractivity contribution in [2.24, 2.45) is 5.41 Å². The molecule has 1 aromatic carbocycles. The molecule has 2 aromatic rings. The Morgan fingerprint density at radius 2 is 1.70 bits per heavy atom. The van der Waals surface area contributed by atoms with Gasteiger partial charge in [-0.2, -0.15) is 0 Å². The molecule has 0 radical (unpaired) electrons. The smallest absolute Gasteiger partial charge is 0.410 e. The van der Waals surface area contributed by atoms with E-state index in [2.05, 4.69) is 20.9 Å². The van der Waals surface area contributed by atoms with Gasteiger partial charge < -0.3 is 14.4 Å². The van der Waals surface area contributed by atoms with Crippen LogP contribution in [0.25, 0.3) is 0 Å². The molecule has 0 unspecified atom stereocenters. The van der Waals surface area contributed by atoms with Crippen LogP contribution in [0.4, 0.5) is 10.7 Å². The largest absolute Gasteiger partial charge is 0.496 e. The zero-order valence-corrected chi connectivity index (χ0v) is 22.6. The molecule has 11 heteroatoms. The average molecular weight is 530 g/mol. The molecule has 5 rings (SSSR count). The number of anilines is 1. The zero-order chi connectivity index (χ0) is 26.4. The van der Waals surface area contributed by atoms with E-state index in [0.717, 1.165) is 44.5 Å². The molecule has 200 valence electrons. The fourth-order valence-electron chi connectivity index (χ4n) is 6.05. The number of hydrogen-bond donors (Lipinski definition) is 0. The number of carbonyl (C=O) groups excluding carboxylic acids is 1. The van der Waals surface area contributed by atoms with E-state index in [0.29, 0.717) is 19.0 Å². The van der Waals surface area contributed by atoms with E-state index in [1.807, 2.05) is 36.9 Å². The summed E-state index contributed by atoms with van der Waals surface area (Å²) in [5.74, 6) is 1.38. The normalized spacial score (nSPS) is 23.9. The first kappa shape index (κ1) is 25.7. The Balaban J connectivity index is 1.10. The van der Waals surface area contributed by atoms with Crippen molar-refractivity contribution >= 4 is 21.9 Å². The van der Waals surface area contributed by atoms with Crippen molar-refractivity contribution in [2.75, 3.05) is 44.4 Å². The van der Waals surface area contributed by atoms with Crippen LogP contribution in [0.3, 0.4) is 0 Å². The Labute approximate surface area is 218 Å². The summed E-state index contributed by atoms with van der Waals surface area (Å²) in [6.07, 6.45) is 5.31. The molecule has 1 spiro atoms. The van der Waals surface area contributed by atoms with Crippen LogP contribution in [0.1, 0.15) is 32.3 Å². The van der Waals surface area contributed by atoms with Crippen molar-refractivity contribution in [2.45, 2.75) is 56.3 Å². The number of rotatable bonds is 6. The highest BCUT2D eigenvalue weighted by Crippen LogP contribution is 2.50. The second kappa shape index (κ2) is 9.75. The third kappa shape index (κ3) is 5.24. The zero-order valence-electron chi connectivity index (χ0n) is 21.8. The number of methoxy groups -OCH3 is 1. The number of amides is 1. The Kier molecular flexibility index (Phi) is 6.78. The summed E-state index contributed by atoms with van der Waals surface area (Å²) in [6.45, 7) is 7.97. The van der Waals surface area contributed by atoms with Crippen molar-refractivity contribution in [1.82, 2.24) is 19.8 Å². The Morgan fingerprint density at radius 1 is 1.08 bits per heavy atom. The quantitative estimate of drug-likeness (QED) is 0.558. The van der Waals surface area contributed by atoms with Gasteiger partial charge in [0.05, 0.1) is 31.6 Å². The summed E-state index contributed by atoms with van der Waals surface area (Å²) in [7, 11) is -1.64. The monoisotopic (exact) mass is 529 g/mol. The van der Waals surface area contributed by atoms with Gasteiger partial charge in [0.2, 0.25) is 5.95 Å². The van der Waals surface area contributed by atoms with Gasteiger partial charge in [0.1, 0.15) is 16.7 Å². The summed E-state index contributed by atoms with van der Waals surface area (Å²) in [5, 5.41) is 0. The lowest BCUT2D eigenvalue weighted by molar-refractivity contribution is -0.137. The first-order chi connectivity index (χ1) is 17.6. The molecule has 2 saturated heterocycles. The molecular weight excluding hydrogens is 494 g/mol.